The number of H-pyrrole nitrogens is 2. The van der Waals surface area contributed by atoms with Crippen molar-refractivity contribution >= 4 is 0 Å². The summed E-state index contributed by atoms with van der Waals surface area (Å²) in [6.07, 6.45) is 8.78. The Hall–Kier alpha value is -2.43. The number of rotatable bonds is 2. The molecule has 0 aliphatic rings. The first-order chi connectivity index (χ1) is 7.93. The average molecular weight is 211 g/mol. The Bertz CT molecular complexity index is 567. The van der Waals surface area contributed by atoms with E-state index >= 15 is 0 Å². The summed E-state index contributed by atoms with van der Waals surface area (Å²) in [4.78, 5) is 18.6. The highest BCUT2D eigenvalue weighted by Crippen LogP contribution is 2.19. The van der Waals surface area contributed by atoms with E-state index in [2.05, 4.69) is 24.9 Å². The van der Waals surface area contributed by atoms with Crippen molar-refractivity contribution in [3.8, 4) is 22.8 Å². The molecule has 3 aromatic rings. The Morgan fingerprint density at radius 1 is 1.12 bits per heavy atom. The van der Waals surface area contributed by atoms with Gasteiger partial charge in [0.2, 0.25) is 0 Å². The molecule has 0 aliphatic carbocycles. The van der Waals surface area contributed by atoms with Crippen molar-refractivity contribution in [2.45, 2.75) is 0 Å². The third-order valence-electron chi connectivity index (χ3n) is 2.27. The molecule has 3 heterocycles. The van der Waals surface area contributed by atoms with E-state index in [1.54, 1.807) is 18.7 Å². The summed E-state index contributed by atoms with van der Waals surface area (Å²) in [5.74, 6) is 0.797. The molecule has 0 bridgehead atoms. The Morgan fingerprint density at radius 3 is 2.88 bits per heavy atom. The van der Waals surface area contributed by atoms with Crippen LogP contribution in [0.2, 0.25) is 0 Å². The van der Waals surface area contributed by atoms with Crippen LogP contribution >= 0.6 is 0 Å². The van der Waals surface area contributed by atoms with Crippen molar-refractivity contribution in [3.05, 3.63) is 43.2 Å². The van der Waals surface area contributed by atoms with Gasteiger partial charge in [0.05, 0.1) is 6.33 Å². The number of imidazole rings is 2. The highest BCUT2D eigenvalue weighted by Gasteiger charge is 2.06. The van der Waals surface area contributed by atoms with Crippen LogP contribution in [0.5, 0.6) is 0 Å². The van der Waals surface area contributed by atoms with Crippen LogP contribution in [0.3, 0.4) is 0 Å². The van der Waals surface area contributed by atoms with Gasteiger partial charge in [-0.05, 0) is 12.1 Å². The second-order valence-electron chi connectivity index (χ2n) is 3.33. The van der Waals surface area contributed by atoms with Gasteiger partial charge < -0.3 is 9.97 Å². The Kier molecular flexibility index (Phi) is 2.00. The van der Waals surface area contributed by atoms with Gasteiger partial charge in [-0.1, -0.05) is 0 Å². The molecule has 3 rings (SSSR count). The van der Waals surface area contributed by atoms with Crippen LogP contribution in [0, 0.1) is 0 Å². The lowest BCUT2D eigenvalue weighted by atomic mass is 10.3. The number of aromatic amines is 2. The predicted molar refractivity (Wildman–Crippen MR) is 59.4 cm³/mol. The molecular weight excluding hydrogens is 202 g/mol. The molecule has 0 atom stereocenters. The van der Waals surface area contributed by atoms with E-state index in [1.807, 2.05) is 24.5 Å². The summed E-state index contributed by atoms with van der Waals surface area (Å²) in [6, 6.07) is 3.84. The first-order valence-electron chi connectivity index (χ1n) is 4.88. The van der Waals surface area contributed by atoms with Gasteiger partial charge in [-0.15, -0.1) is 0 Å². The van der Waals surface area contributed by atoms with Crippen LogP contribution in [-0.2, 0) is 0 Å². The molecule has 5 nitrogen and oxygen atoms in total. The van der Waals surface area contributed by atoms with Gasteiger partial charge in [-0.2, -0.15) is 0 Å². The fourth-order valence-electron chi connectivity index (χ4n) is 1.50. The summed E-state index contributed by atoms with van der Waals surface area (Å²) >= 11 is 0. The van der Waals surface area contributed by atoms with Gasteiger partial charge in [0.1, 0.15) is 17.2 Å². The van der Waals surface area contributed by atoms with Crippen LogP contribution in [0.4, 0.5) is 0 Å². The minimum atomic E-state index is 0.797. The van der Waals surface area contributed by atoms with E-state index < -0.39 is 0 Å². The molecular formula is C11H9N5. The van der Waals surface area contributed by atoms with Crippen LogP contribution in [0.15, 0.2) is 43.2 Å². The van der Waals surface area contributed by atoms with Gasteiger partial charge in [0.25, 0.3) is 0 Å². The molecule has 0 amide bonds. The summed E-state index contributed by atoms with van der Waals surface area (Å²) in [7, 11) is 0. The quantitative estimate of drug-likeness (QED) is 0.679. The number of hydrogen-bond donors (Lipinski definition) is 2. The largest absolute Gasteiger partial charge is 0.351 e. The SMILES string of the molecule is c1cncc(-c2nc(-c3c[nH]cn3)c[nH]2)c1. The molecule has 78 valence electrons. The van der Waals surface area contributed by atoms with Crippen molar-refractivity contribution in [2.75, 3.05) is 0 Å². The van der Waals surface area contributed by atoms with Crippen LogP contribution < -0.4 is 0 Å². The number of aromatic nitrogens is 5. The Morgan fingerprint density at radius 2 is 2.12 bits per heavy atom. The summed E-state index contributed by atoms with van der Waals surface area (Å²) in [5.41, 5.74) is 2.61. The first kappa shape index (κ1) is 8.84. The fraction of sp³-hybridized carbons (Fsp3) is 0. The van der Waals surface area contributed by atoms with Gasteiger partial charge in [0.15, 0.2) is 0 Å². The van der Waals surface area contributed by atoms with E-state index in [0.29, 0.717) is 0 Å². The lowest BCUT2D eigenvalue weighted by molar-refractivity contribution is 1.26. The molecule has 2 N–H and O–H groups in total. The number of nitrogens with one attached hydrogen (secondary N) is 2. The molecule has 16 heavy (non-hydrogen) atoms. The van der Waals surface area contributed by atoms with E-state index in [9.17, 15) is 0 Å². The highest BCUT2D eigenvalue weighted by atomic mass is 15.0. The third kappa shape index (κ3) is 1.48. The first-order valence-corrected chi connectivity index (χ1v) is 4.88. The number of pyridine rings is 1. The molecule has 3 aromatic heterocycles. The monoisotopic (exact) mass is 211 g/mol. The van der Waals surface area contributed by atoms with Crippen LogP contribution in [0.1, 0.15) is 0 Å². The Labute approximate surface area is 91.6 Å². The zero-order valence-electron chi connectivity index (χ0n) is 8.38. The standard InChI is InChI=1S/C11H9N5/c1-2-8(4-12-3-1)11-14-6-10(16-11)9-5-13-7-15-9/h1-7H,(H,13,15)(H,14,16). The lowest BCUT2D eigenvalue weighted by Crippen LogP contribution is -1.81. The molecule has 0 aliphatic heterocycles. The number of nitrogens with zero attached hydrogens (tertiary/aromatic N) is 3. The van der Waals surface area contributed by atoms with Gasteiger partial charge >= 0.3 is 0 Å². The van der Waals surface area contributed by atoms with Crippen molar-refractivity contribution < 1.29 is 0 Å². The molecule has 0 saturated heterocycles. The number of hydrogen-bond acceptors (Lipinski definition) is 3. The average Bonchev–Trinajstić information content (AvgIpc) is 3.01. The highest BCUT2D eigenvalue weighted by molar-refractivity contribution is 5.60. The van der Waals surface area contributed by atoms with E-state index in [1.165, 1.54) is 0 Å². The minimum Gasteiger partial charge on any atom is -0.351 e. The maximum Gasteiger partial charge on any atom is 0.139 e. The zero-order valence-corrected chi connectivity index (χ0v) is 8.38. The second-order valence-corrected chi connectivity index (χ2v) is 3.33. The van der Waals surface area contributed by atoms with E-state index in [-0.39, 0.29) is 0 Å². The van der Waals surface area contributed by atoms with E-state index in [4.69, 9.17) is 0 Å². The molecule has 0 aromatic carbocycles. The summed E-state index contributed by atoms with van der Waals surface area (Å²) in [6.45, 7) is 0. The van der Waals surface area contributed by atoms with Crippen molar-refractivity contribution in [2.24, 2.45) is 0 Å². The smallest absolute Gasteiger partial charge is 0.139 e. The maximum absolute atomic E-state index is 4.44. The molecule has 0 radical (unpaired) electrons. The van der Waals surface area contributed by atoms with E-state index in [0.717, 1.165) is 22.8 Å². The summed E-state index contributed by atoms with van der Waals surface area (Å²) in [5, 5.41) is 0. The van der Waals surface area contributed by atoms with Crippen molar-refractivity contribution in [3.63, 3.8) is 0 Å². The topological polar surface area (TPSA) is 70.2 Å². The van der Waals surface area contributed by atoms with Crippen LogP contribution in [-0.4, -0.2) is 24.9 Å². The minimum absolute atomic E-state index is 0.797. The van der Waals surface area contributed by atoms with Crippen molar-refractivity contribution in [1.29, 1.82) is 0 Å². The molecule has 0 spiro atoms. The normalized spacial score (nSPS) is 10.5. The molecule has 5 heteroatoms. The lowest BCUT2D eigenvalue weighted by Gasteiger charge is -1.93. The third-order valence-corrected chi connectivity index (χ3v) is 2.27. The summed E-state index contributed by atoms with van der Waals surface area (Å²) < 4.78 is 0. The second kappa shape index (κ2) is 3.62. The maximum atomic E-state index is 4.44. The molecule has 0 saturated carbocycles. The van der Waals surface area contributed by atoms with Crippen molar-refractivity contribution in [1.82, 2.24) is 24.9 Å². The Balaban J connectivity index is 2.00. The zero-order chi connectivity index (χ0) is 10.8. The molecule has 0 fully saturated rings. The predicted octanol–water partition coefficient (Wildman–Crippen LogP) is 1.86. The molecule has 0 unspecified atom stereocenters. The van der Waals surface area contributed by atoms with Gasteiger partial charge in [-0.3, -0.25) is 4.98 Å². The van der Waals surface area contributed by atoms with Gasteiger partial charge in [-0.25, -0.2) is 9.97 Å². The van der Waals surface area contributed by atoms with Gasteiger partial charge in [0, 0.05) is 30.4 Å². The fourth-order valence-corrected chi connectivity index (χ4v) is 1.50. The van der Waals surface area contributed by atoms with Crippen LogP contribution in [0.25, 0.3) is 22.8 Å².